The van der Waals surface area contributed by atoms with Crippen molar-refractivity contribution in [1.29, 1.82) is 0 Å². The molecule has 0 saturated carbocycles. The molecule has 0 aliphatic carbocycles. The molecule has 112 valence electrons. The van der Waals surface area contributed by atoms with Gasteiger partial charge in [0.2, 0.25) is 10.0 Å². The third-order valence-electron chi connectivity index (χ3n) is 3.02. The first kappa shape index (κ1) is 16.5. The van der Waals surface area contributed by atoms with Crippen molar-refractivity contribution in [2.45, 2.75) is 38.6 Å². The van der Waals surface area contributed by atoms with Crippen molar-refractivity contribution < 1.29 is 13.6 Å². The average Bonchev–Trinajstić information content (AvgIpc) is 2.37. The zero-order valence-corrected chi connectivity index (χ0v) is 12.9. The maximum absolute atomic E-state index is 12.4. The van der Waals surface area contributed by atoms with E-state index in [9.17, 15) is 8.42 Å². The fourth-order valence-corrected chi connectivity index (χ4v) is 3.51. The molecule has 0 spiro atoms. The van der Waals surface area contributed by atoms with E-state index in [1.165, 1.54) is 0 Å². The Morgan fingerprint density at radius 1 is 1.35 bits per heavy atom. The highest BCUT2D eigenvalue weighted by molar-refractivity contribution is 7.89. The number of amidine groups is 1. The topological polar surface area (TPSA) is 105 Å². The summed E-state index contributed by atoms with van der Waals surface area (Å²) in [6, 6.07) is 4.43. The van der Waals surface area contributed by atoms with Gasteiger partial charge >= 0.3 is 0 Å². The van der Waals surface area contributed by atoms with Gasteiger partial charge in [0.1, 0.15) is 0 Å². The minimum Gasteiger partial charge on any atom is -0.409 e. The highest BCUT2D eigenvalue weighted by Gasteiger charge is 2.26. The molecule has 0 bridgehead atoms. The smallest absolute Gasteiger partial charge is 0.241 e. The zero-order valence-electron chi connectivity index (χ0n) is 12.1. The molecule has 0 amide bonds. The highest BCUT2D eigenvalue weighted by atomic mass is 32.2. The minimum atomic E-state index is -3.73. The third-order valence-corrected chi connectivity index (χ3v) is 4.60. The van der Waals surface area contributed by atoms with Crippen LogP contribution in [0.1, 0.15) is 25.0 Å². The highest BCUT2D eigenvalue weighted by Crippen LogP contribution is 2.18. The van der Waals surface area contributed by atoms with E-state index in [2.05, 4.69) is 9.88 Å². The molecule has 6 nitrogen and oxygen atoms in total. The van der Waals surface area contributed by atoms with Crippen LogP contribution in [0.25, 0.3) is 0 Å². The van der Waals surface area contributed by atoms with Crippen LogP contribution in [0.4, 0.5) is 0 Å². The normalized spacial score (nSPS) is 14.6. The number of aryl methyl sites for hydroxylation is 2. The Hall–Kier alpha value is -1.60. The maximum Gasteiger partial charge on any atom is 0.241 e. The Morgan fingerprint density at radius 2 is 1.95 bits per heavy atom. The molecule has 0 aliphatic rings. The van der Waals surface area contributed by atoms with Crippen molar-refractivity contribution >= 4 is 15.9 Å². The van der Waals surface area contributed by atoms with Gasteiger partial charge in [-0.1, -0.05) is 31.1 Å². The van der Waals surface area contributed by atoms with Crippen LogP contribution in [0.5, 0.6) is 0 Å². The van der Waals surface area contributed by atoms with Crippen LogP contribution in [0.3, 0.4) is 0 Å². The Morgan fingerprint density at radius 3 is 2.45 bits per heavy atom. The van der Waals surface area contributed by atoms with Gasteiger partial charge in [0, 0.05) is 0 Å². The second-order valence-corrected chi connectivity index (χ2v) is 6.82. The van der Waals surface area contributed by atoms with Crippen LogP contribution in [-0.4, -0.2) is 25.5 Å². The number of sulfonamides is 1. The van der Waals surface area contributed by atoms with E-state index in [0.29, 0.717) is 5.56 Å². The van der Waals surface area contributed by atoms with Crippen molar-refractivity contribution in [3.05, 3.63) is 29.3 Å². The number of rotatable bonds is 5. The van der Waals surface area contributed by atoms with Crippen molar-refractivity contribution in [2.24, 2.45) is 16.8 Å². The quantitative estimate of drug-likeness (QED) is 0.330. The van der Waals surface area contributed by atoms with Crippen molar-refractivity contribution in [3.63, 3.8) is 0 Å². The molecule has 1 unspecified atom stereocenters. The summed E-state index contributed by atoms with van der Waals surface area (Å²) in [5.74, 6) is -0.306. The van der Waals surface area contributed by atoms with Crippen molar-refractivity contribution in [2.75, 3.05) is 0 Å². The molecule has 0 aromatic heterocycles. The molecule has 0 radical (unpaired) electrons. The van der Waals surface area contributed by atoms with Gasteiger partial charge in [0.05, 0.1) is 10.9 Å². The van der Waals surface area contributed by atoms with Crippen LogP contribution in [-0.2, 0) is 10.0 Å². The summed E-state index contributed by atoms with van der Waals surface area (Å²) in [6.45, 7) is 7.12. The summed E-state index contributed by atoms with van der Waals surface area (Å²) in [7, 11) is -3.73. The van der Waals surface area contributed by atoms with Crippen molar-refractivity contribution in [3.8, 4) is 0 Å². The molecule has 0 heterocycles. The molecular weight excluding hydrogens is 278 g/mol. The molecule has 1 aromatic rings. The number of oxime groups is 1. The first-order chi connectivity index (χ1) is 9.19. The molecule has 4 N–H and O–H groups in total. The predicted octanol–water partition coefficient (Wildman–Crippen LogP) is 1.35. The predicted molar refractivity (Wildman–Crippen MR) is 78.3 cm³/mol. The first-order valence-electron chi connectivity index (χ1n) is 6.26. The lowest BCUT2D eigenvalue weighted by molar-refractivity contribution is 0.313. The van der Waals surface area contributed by atoms with Crippen LogP contribution < -0.4 is 10.5 Å². The van der Waals surface area contributed by atoms with Gasteiger partial charge < -0.3 is 10.9 Å². The van der Waals surface area contributed by atoms with Crippen LogP contribution >= 0.6 is 0 Å². The Kier molecular flexibility index (Phi) is 5.13. The Balaban J connectivity index is 3.20. The fraction of sp³-hybridized carbons (Fsp3) is 0.462. The minimum absolute atomic E-state index is 0.147. The lowest BCUT2D eigenvalue weighted by atomic mass is 10.1. The monoisotopic (exact) mass is 299 g/mol. The summed E-state index contributed by atoms with van der Waals surface area (Å²) in [5, 5.41) is 11.6. The zero-order chi connectivity index (χ0) is 15.5. The molecule has 1 aromatic carbocycles. The summed E-state index contributed by atoms with van der Waals surface area (Å²) in [5.41, 5.74) is 7.04. The van der Waals surface area contributed by atoms with E-state index < -0.39 is 16.1 Å². The largest absolute Gasteiger partial charge is 0.409 e. The second kappa shape index (κ2) is 6.23. The second-order valence-electron chi connectivity index (χ2n) is 5.14. The van der Waals surface area contributed by atoms with Gasteiger partial charge in [-0.15, -0.1) is 0 Å². The molecule has 20 heavy (non-hydrogen) atoms. The summed E-state index contributed by atoms with van der Waals surface area (Å²) < 4.78 is 27.4. The molecule has 0 aliphatic heterocycles. The van der Waals surface area contributed by atoms with Gasteiger partial charge in [-0.3, -0.25) is 0 Å². The lowest BCUT2D eigenvalue weighted by Crippen LogP contribution is -2.47. The first-order valence-corrected chi connectivity index (χ1v) is 7.74. The van der Waals surface area contributed by atoms with E-state index in [-0.39, 0.29) is 16.6 Å². The van der Waals surface area contributed by atoms with Gasteiger partial charge in [-0.2, -0.15) is 0 Å². The molecule has 7 heteroatoms. The summed E-state index contributed by atoms with van der Waals surface area (Å²) in [6.07, 6.45) is 0. The fourth-order valence-electron chi connectivity index (χ4n) is 1.83. The van der Waals surface area contributed by atoms with E-state index in [0.717, 1.165) is 5.56 Å². The number of hydrogen-bond acceptors (Lipinski definition) is 4. The summed E-state index contributed by atoms with van der Waals surface area (Å²) in [4.78, 5) is 0.203. The van der Waals surface area contributed by atoms with Crippen LogP contribution in [0, 0.1) is 19.8 Å². The van der Waals surface area contributed by atoms with Crippen LogP contribution in [0.2, 0.25) is 0 Å². The number of benzene rings is 1. The van der Waals surface area contributed by atoms with E-state index >= 15 is 0 Å². The lowest BCUT2D eigenvalue weighted by Gasteiger charge is -2.21. The summed E-state index contributed by atoms with van der Waals surface area (Å²) >= 11 is 0. The average molecular weight is 299 g/mol. The van der Waals surface area contributed by atoms with Gasteiger partial charge in [0.25, 0.3) is 0 Å². The molecular formula is C13H21N3O3S. The van der Waals surface area contributed by atoms with Gasteiger partial charge in [-0.25, -0.2) is 13.1 Å². The molecule has 0 fully saturated rings. The molecule has 1 atom stereocenters. The Labute approximate surface area is 119 Å². The van der Waals surface area contributed by atoms with E-state index in [4.69, 9.17) is 10.9 Å². The number of nitrogens with zero attached hydrogens (tertiary/aromatic N) is 1. The maximum atomic E-state index is 12.4. The van der Waals surface area contributed by atoms with Crippen molar-refractivity contribution in [1.82, 2.24) is 4.72 Å². The molecule has 0 saturated heterocycles. The standard InChI is InChI=1S/C13H21N3O3S/c1-8(2)12(13(14)15-17)16-20(18,19)11-7-9(3)5-6-10(11)4/h5-8,12,16-17H,1-4H3,(H2,14,15). The van der Waals surface area contributed by atoms with Crippen LogP contribution in [0.15, 0.2) is 28.3 Å². The number of nitrogens with one attached hydrogen (secondary N) is 1. The van der Waals surface area contributed by atoms with Gasteiger partial charge in [-0.05, 0) is 37.0 Å². The molecule has 1 rings (SSSR count). The number of nitrogens with two attached hydrogens (primary N) is 1. The van der Waals surface area contributed by atoms with E-state index in [1.807, 2.05) is 13.0 Å². The van der Waals surface area contributed by atoms with E-state index in [1.54, 1.807) is 32.9 Å². The Bertz CT molecular complexity index is 609. The third kappa shape index (κ3) is 3.71. The SMILES string of the molecule is Cc1ccc(C)c(S(=O)(=O)NC(C(N)=NO)C(C)C)c1. The number of hydrogen-bond donors (Lipinski definition) is 3. The van der Waals surface area contributed by atoms with Gasteiger partial charge in [0.15, 0.2) is 5.84 Å².